The summed E-state index contributed by atoms with van der Waals surface area (Å²) in [7, 11) is 1.61. The zero-order chi connectivity index (χ0) is 18.2. The van der Waals surface area contributed by atoms with E-state index in [4.69, 9.17) is 16.3 Å². The minimum Gasteiger partial charge on any atom is -0.385 e. The molecule has 1 heterocycles. The highest BCUT2D eigenvalue weighted by Crippen LogP contribution is 2.20. The van der Waals surface area contributed by atoms with E-state index < -0.39 is 5.91 Å². The van der Waals surface area contributed by atoms with Crippen molar-refractivity contribution in [2.75, 3.05) is 25.6 Å². The Balaban J connectivity index is 2.03. The normalized spacial score (nSPS) is 10.4. The molecule has 0 atom stereocenters. The van der Waals surface area contributed by atoms with Gasteiger partial charge in [0.2, 0.25) is 0 Å². The molecule has 7 heteroatoms. The van der Waals surface area contributed by atoms with Crippen LogP contribution in [0, 0.1) is 6.92 Å². The number of hydrogen-bond acceptors (Lipinski definition) is 4. The van der Waals surface area contributed by atoms with Gasteiger partial charge in [-0.15, -0.1) is 0 Å². The predicted octanol–water partition coefficient (Wildman–Crippen LogP) is 3.06. The standard InChI is InChI=1S/C18H20ClN3O3/c1-12-4-5-14(11-15(12)19)22-18(24)16-10-13(6-8-20-16)17(23)21-7-3-9-25-2/h4-6,8,10-11H,3,7,9H2,1-2H3,(H,21,23)(H,22,24). The number of amides is 2. The average molecular weight is 362 g/mol. The van der Waals surface area contributed by atoms with Gasteiger partial charge in [0.1, 0.15) is 5.69 Å². The summed E-state index contributed by atoms with van der Waals surface area (Å²) in [4.78, 5) is 28.4. The van der Waals surface area contributed by atoms with Gasteiger partial charge in [0.25, 0.3) is 11.8 Å². The Hall–Kier alpha value is -2.44. The number of nitrogens with one attached hydrogen (secondary N) is 2. The highest BCUT2D eigenvalue weighted by molar-refractivity contribution is 6.31. The van der Waals surface area contributed by atoms with E-state index in [2.05, 4.69) is 15.6 Å². The Labute approximate surface area is 151 Å². The van der Waals surface area contributed by atoms with E-state index in [1.807, 2.05) is 13.0 Å². The van der Waals surface area contributed by atoms with Gasteiger partial charge >= 0.3 is 0 Å². The third-order valence-electron chi connectivity index (χ3n) is 3.50. The molecular formula is C18H20ClN3O3. The van der Waals surface area contributed by atoms with Crippen molar-refractivity contribution in [3.05, 3.63) is 58.4 Å². The van der Waals surface area contributed by atoms with Crippen molar-refractivity contribution in [2.24, 2.45) is 0 Å². The maximum absolute atomic E-state index is 12.3. The van der Waals surface area contributed by atoms with Gasteiger partial charge < -0.3 is 15.4 Å². The van der Waals surface area contributed by atoms with E-state index in [0.717, 1.165) is 12.0 Å². The number of anilines is 1. The first kappa shape index (κ1) is 18.9. The number of rotatable bonds is 7. The number of hydrogen-bond donors (Lipinski definition) is 2. The van der Waals surface area contributed by atoms with E-state index in [-0.39, 0.29) is 11.6 Å². The van der Waals surface area contributed by atoms with Gasteiger partial charge in [0.05, 0.1) is 0 Å². The fourth-order valence-corrected chi connectivity index (χ4v) is 2.26. The molecule has 0 spiro atoms. The van der Waals surface area contributed by atoms with Gasteiger partial charge in [-0.05, 0) is 43.2 Å². The Bertz CT molecular complexity index is 765. The molecule has 0 bridgehead atoms. The summed E-state index contributed by atoms with van der Waals surface area (Å²) in [5.41, 5.74) is 2.02. The third-order valence-corrected chi connectivity index (χ3v) is 3.90. The van der Waals surface area contributed by atoms with Crippen molar-refractivity contribution in [2.45, 2.75) is 13.3 Å². The van der Waals surface area contributed by atoms with Crippen molar-refractivity contribution >= 4 is 29.1 Å². The Morgan fingerprint density at radius 3 is 2.72 bits per heavy atom. The molecule has 0 saturated carbocycles. The lowest BCUT2D eigenvalue weighted by Crippen LogP contribution is -2.25. The number of aromatic nitrogens is 1. The van der Waals surface area contributed by atoms with E-state index in [0.29, 0.717) is 29.4 Å². The molecular weight excluding hydrogens is 342 g/mol. The maximum Gasteiger partial charge on any atom is 0.274 e. The molecule has 25 heavy (non-hydrogen) atoms. The van der Waals surface area contributed by atoms with Gasteiger partial charge in [0.15, 0.2) is 0 Å². The van der Waals surface area contributed by atoms with Crippen LogP contribution >= 0.6 is 11.6 Å². The van der Waals surface area contributed by atoms with Crippen LogP contribution in [0.1, 0.15) is 32.8 Å². The topological polar surface area (TPSA) is 80.3 Å². The van der Waals surface area contributed by atoms with Gasteiger partial charge in [-0.25, -0.2) is 0 Å². The molecule has 0 radical (unpaired) electrons. The minimum atomic E-state index is -0.408. The molecule has 1 aromatic heterocycles. The lowest BCUT2D eigenvalue weighted by atomic mass is 10.2. The number of aryl methyl sites for hydroxylation is 1. The van der Waals surface area contributed by atoms with Crippen molar-refractivity contribution in [1.29, 1.82) is 0 Å². The molecule has 1 aromatic carbocycles. The average Bonchev–Trinajstić information content (AvgIpc) is 2.62. The molecule has 2 aromatic rings. The van der Waals surface area contributed by atoms with Gasteiger partial charge in [-0.2, -0.15) is 0 Å². The highest BCUT2D eigenvalue weighted by atomic mass is 35.5. The summed E-state index contributed by atoms with van der Waals surface area (Å²) in [6, 6.07) is 8.25. The number of ether oxygens (including phenoxy) is 1. The molecule has 0 fully saturated rings. The number of pyridine rings is 1. The van der Waals surface area contributed by atoms with E-state index in [1.54, 1.807) is 25.3 Å². The lowest BCUT2D eigenvalue weighted by Gasteiger charge is -2.08. The van der Waals surface area contributed by atoms with E-state index >= 15 is 0 Å². The number of halogens is 1. The summed E-state index contributed by atoms with van der Waals surface area (Å²) in [5, 5.41) is 6.05. The quantitative estimate of drug-likeness (QED) is 0.743. The van der Waals surface area contributed by atoms with Crippen molar-refractivity contribution in [3.63, 3.8) is 0 Å². The van der Waals surface area contributed by atoms with Crippen LogP contribution in [0.3, 0.4) is 0 Å². The predicted molar refractivity (Wildman–Crippen MR) is 97.2 cm³/mol. The van der Waals surface area contributed by atoms with Crippen LogP contribution in [0.15, 0.2) is 36.5 Å². The molecule has 2 rings (SSSR count). The Morgan fingerprint density at radius 1 is 1.20 bits per heavy atom. The fraction of sp³-hybridized carbons (Fsp3) is 0.278. The van der Waals surface area contributed by atoms with Crippen LogP contribution in [0.4, 0.5) is 5.69 Å². The molecule has 6 nitrogen and oxygen atoms in total. The second-order valence-electron chi connectivity index (χ2n) is 5.45. The highest BCUT2D eigenvalue weighted by Gasteiger charge is 2.12. The molecule has 0 aliphatic heterocycles. The largest absolute Gasteiger partial charge is 0.385 e. The number of carbonyl (C=O) groups is 2. The maximum atomic E-state index is 12.3. The molecule has 2 N–H and O–H groups in total. The monoisotopic (exact) mass is 361 g/mol. The summed E-state index contributed by atoms with van der Waals surface area (Å²) < 4.78 is 4.93. The Morgan fingerprint density at radius 2 is 2.00 bits per heavy atom. The molecule has 0 aliphatic carbocycles. The molecule has 0 aliphatic rings. The first-order valence-electron chi connectivity index (χ1n) is 7.82. The molecule has 0 saturated heterocycles. The van der Waals surface area contributed by atoms with Gasteiger partial charge in [-0.1, -0.05) is 17.7 Å². The van der Waals surface area contributed by atoms with Crippen molar-refractivity contribution < 1.29 is 14.3 Å². The first-order chi connectivity index (χ1) is 12.0. The fourth-order valence-electron chi connectivity index (χ4n) is 2.08. The van der Waals surface area contributed by atoms with Crippen molar-refractivity contribution in [3.8, 4) is 0 Å². The lowest BCUT2D eigenvalue weighted by molar-refractivity contribution is 0.0948. The zero-order valence-electron chi connectivity index (χ0n) is 14.1. The number of benzene rings is 1. The van der Waals surface area contributed by atoms with Crippen LogP contribution in [0.2, 0.25) is 5.02 Å². The number of carbonyl (C=O) groups excluding carboxylic acids is 2. The van der Waals surface area contributed by atoms with Crippen molar-refractivity contribution in [1.82, 2.24) is 10.3 Å². The summed E-state index contributed by atoms with van der Waals surface area (Å²) in [6.07, 6.45) is 2.15. The van der Waals surface area contributed by atoms with Crippen LogP contribution in [-0.2, 0) is 4.74 Å². The van der Waals surface area contributed by atoms with E-state index in [1.165, 1.54) is 12.3 Å². The number of methoxy groups -OCH3 is 1. The third kappa shape index (κ3) is 5.55. The van der Waals surface area contributed by atoms with Crippen LogP contribution in [0.5, 0.6) is 0 Å². The van der Waals surface area contributed by atoms with Crippen LogP contribution in [-0.4, -0.2) is 37.1 Å². The van der Waals surface area contributed by atoms with Crippen LogP contribution in [0.25, 0.3) is 0 Å². The zero-order valence-corrected chi connectivity index (χ0v) is 14.9. The van der Waals surface area contributed by atoms with Gasteiger partial charge in [0, 0.05) is 42.7 Å². The summed E-state index contributed by atoms with van der Waals surface area (Å²) in [5.74, 6) is -0.667. The van der Waals surface area contributed by atoms with Gasteiger partial charge in [-0.3, -0.25) is 14.6 Å². The molecule has 2 amide bonds. The second kappa shape index (κ2) is 9.15. The number of nitrogens with zero attached hydrogens (tertiary/aromatic N) is 1. The second-order valence-corrected chi connectivity index (χ2v) is 5.86. The molecule has 0 unspecified atom stereocenters. The van der Waals surface area contributed by atoms with Crippen LogP contribution < -0.4 is 10.6 Å². The van der Waals surface area contributed by atoms with E-state index in [9.17, 15) is 9.59 Å². The minimum absolute atomic E-state index is 0.154. The Kier molecular flexibility index (Phi) is 6.91. The SMILES string of the molecule is COCCCNC(=O)c1ccnc(C(=O)Nc2ccc(C)c(Cl)c2)c1. The summed E-state index contributed by atoms with van der Waals surface area (Å²) in [6.45, 7) is 2.95. The molecule has 132 valence electrons. The summed E-state index contributed by atoms with van der Waals surface area (Å²) >= 11 is 6.05. The smallest absolute Gasteiger partial charge is 0.274 e. The first-order valence-corrected chi connectivity index (χ1v) is 8.19.